The van der Waals surface area contributed by atoms with E-state index in [0.717, 1.165) is 44.0 Å². The second-order valence-corrected chi connectivity index (χ2v) is 7.83. The molecule has 5 nitrogen and oxygen atoms in total. The Morgan fingerprint density at radius 1 is 1.24 bits per heavy atom. The summed E-state index contributed by atoms with van der Waals surface area (Å²) >= 11 is 1.91. The van der Waals surface area contributed by atoms with E-state index in [4.69, 9.17) is 0 Å². The van der Waals surface area contributed by atoms with E-state index >= 15 is 0 Å². The number of hydrogen-bond acceptors (Lipinski definition) is 4. The molecule has 1 aromatic heterocycles. The average Bonchev–Trinajstić information content (AvgIpc) is 3.19. The van der Waals surface area contributed by atoms with E-state index in [-0.39, 0.29) is 11.9 Å². The van der Waals surface area contributed by atoms with Crippen molar-refractivity contribution in [2.75, 3.05) is 31.1 Å². The first kappa shape index (κ1) is 16.7. The zero-order chi connectivity index (χ0) is 17.1. The van der Waals surface area contributed by atoms with Gasteiger partial charge < -0.3 is 10.2 Å². The van der Waals surface area contributed by atoms with Crippen molar-refractivity contribution in [3.05, 3.63) is 53.9 Å². The number of piperidine rings is 1. The van der Waals surface area contributed by atoms with E-state index in [2.05, 4.69) is 22.5 Å². The normalized spacial score (nSPS) is 24.2. The fourth-order valence-corrected chi connectivity index (χ4v) is 4.75. The number of nitrogens with one attached hydrogen (secondary N) is 1. The van der Waals surface area contributed by atoms with Crippen molar-refractivity contribution in [3.8, 4) is 0 Å². The van der Waals surface area contributed by atoms with Gasteiger partial charge in [-0.05, 0) is 31.0 Å². The van der Waals surface area contributed by atoms with Crippen LogP contribution in [0.25, 0.3) is 0 Å². The van der Waals surface area contributed by atoms with Crippen LogP contribution in [0.15, 0.2) is 42.6 Å². The van der Waals surface area contributed by atoms with Crippen LogP contribution in [0.5, 0.6) is 0 Å². The molecule has 2 aliphatic rings. The van der Waals surface area contributed by atoms with E-state index in [9.17, 15) is 4.79 Å². The number of amides is 1. The van der Waals surface area contributed by atoms with Gasteiger partial charge in [-0.25, -0.2) is 0 Å². The first-order valence-electron chi connectivity index (χ1n) is 9.02. The molecule has 0 bridgehead atoms. The van der Waals surface area contributed by atoms with Gasteiger partial charge in [0.1, 0.15) is 5.69 Å². The highest BCUT2D eigenvalue weighted by Crippen LogP contribution is 2.30. The highest BCUT2D eigenvalue weighted by molar-refractivity contribution is 7.99. The van der Waals surface area contributed by atoms with Gasteiger partial charge in [-0.3, -0.25) is 9.48 Å². The molecular formula is C19H24N4OS. The van der Waals surface area contributed by atoms with Crippen LogP contribution < -0.4 is 5.32 Å². The van der Waals surface area contributed by atoms with Crippen LogP contribution in [0.2, 0.25) is 0 Å². The van der Waals surface area contributed by atoms with Gasteiger partial charge in [0.25, 0.3) is 5.91 Å². The molecule has 0 spiro atoms. The van der Waals surface area contributed by atoms with Crippen molar-refractivity contribution in [2.24, 2.45) is 0 Å². The molecule has 2 unspecified atom stereocenters. The average molecular weight is 356 g/mol. The molecule has 0 saturated carbocycles. The summed E-state index contributed by atoms with van der Waals surface area (Å²) < 4.78 is 1.97. The number of carbonyl (C=O) groups excluding carboxylic acids is 1. The third kappa shape index (κ3) is 3.60. The Labute approximate surface area is 152 Å². The Bertz CT molecular complexity index is 711. The third-order valence-corrected chi connectivity index (χ3v) is 6.07. The van der Waals surface area contributed by atoms with Gasteiger partial charge in [-0.2, -0.15) is 16.9 Å². The molecule has 4 rings (SSSR count). The standard InChI is InChI=1S/C19H24N4OS/c24-19(17-8-10-23(21-17)16-7-4-9-20-13-16)22-11-12-25-14-18(22)15-5-2-1-3-6-15/h1-3,5-6,8,10,16,18,20H,4,7,9,11-14H2. The second kappa shape index (κ2) is 7.62. The van der Waals surface area contributed by atoms with E-state index in [1.54, 1.807) is 0 Å². The van der Waals surface area contributed by atoms with Crippen LogP contribution in [0.4, 0.5) is 0 Å². The smallest absolute Gasteiger partial charge is 0.274 e. The molecule has 2 aliphatic heterocycles. The third-order valence-electron chi connectivity index (χ3n) is 5.05. The quantitative estimate of drug-likeness (QED) is 0.919. The molecule has 3 heterocycles. The Kier molecular flexibility index (Phi) is 5.08. The van der Waals surface area contributed by atoms with Crippen molar-refractivity contribution in [1.29, 1.82) is 0 Å². The Morgan fingerprint density at radius 2 is 2.12 bits per heavy atom. The molecule has 0 radical (unpaired) electrons. The SMILES string of the molecule is O=C(c1ccn(C2CCCNC2)n1)N1CCSCC1c1ccccc1. The molecule has 0 aliphatic carbocycles. The Morgan fingerprint density at radius 3 is 2.92 bits per heavy atom. The molecule has 2 fully saturated rings. The van der Waals surface area contributed by atoms with Gasteiger partial charge >= 0.3 is 0 Å². The van der Waals surface area contributed by atoms with Crippen LogP contribution in [-0.4, -0.2) is 51.7 Å². The van der Waals surface area contributed by atoms with Gasteiger partial charge in [0.15, 0.2) is 0 Å². The van der Waals surface area contributed by atoms with Crippen molar-refractivity contribution >= 4 is 17.7 Å². The van der Waals surface area contributed by atoms with Crippen molar-refractivity contribution in [1.82, 2.24) is 20.0 Å². The van der Waals surface area contributed by atoms with E-state index < -0.39 is 0 Å². The fraction of sp³-hybridized carbons (Fsp3) is 0.474. The van der Waals surface area contributed by atoms with E-state index in [1.165, 1.54) is 5.56 Å². The molecule has 1 N–H and O–H groups in total. The van der Waals surface area contributed by atoms with Gasteiger partial charge in [0.2, 0.25) is 0 Å². The summed E-state index contributed by atoms with van der Waals surface area (Å²) in [5.74, 6) is 1.99. The van der Waals surface area contributed by atoms with E-state index in [1.807, 2.05) is 51.8 Å². The highest BCUT2D eigenvalue weighted by atomic mass is 32.2. The van der Waals surface area contributed by atoms with Gasteiger partial charge in [0.05, 0.1) is 12.1 Å². The van der Waals surface area contributed by atoms with Crippen LogP contribution in [0.1, 0.15) is 41.0 Å². The summed E-state index contributed by atoms with van der Waals surface area (Å²) in [6.07, 6.45) is 4.24. The fourth-order valence-electron chi connectivity index (χ4n) is 3.66. The highest BCUT2D eigenvalue weighted by Gasteiger charge is 2.30. The lowest BCUT2D eigenvalue weighted by Crippen LogP contribution is -2.41. The van der Waals surface area contributed by atoms with Crippen molar-refractivity contribution < 1.29 is 4.79 Å². The Balaban J connectivity index is 1.53. The Hall–Kier alpha value is -1.79. The summed E-state index contributed by atoms with van der Waals surface area (Å²) in [5.41, 5.74) is 1.78. The van der Waals surface area contributed by atoms with Crippen molar-refractivity contribution in [3.63, 3.8) is 0 Å². The van der Waals surface area contributed by atoms with Crippen LogP contribution in [-0.2, 0) is 0 Å². The minimum atomic E-state index is 0.0525. The number of hydrogen-bond donors (Lipinski definition) is 1. The number of rotatable bonds is 3. The predicted molar refractivity (Wildman–Crippen MR) is 101 cm³/mol. The van der Waals surface area contributed by atoms with Crippen LogP contribution in [0, 0.1) is 0 Å². The number of nitrogens with zero attached hydrogens (tertiary/aromatic N) is 3. The molecular weight excluding hydrogens is 332 g/mol. The van der Waals surface area contributed by atoms with E-state index in [0.29, 0.717) is 11.7 Å². The van der Waals surface area contributed by atoms with Crippen LogP contribution in [0.3, 0.4) is 0 Å². The number of aromatic nitrogens is 2. The zero-order valence-corrected chi connectivity index (χ0v) is 15.1. The molecule has 2 aromatic rings. The van der Waals surface area contributed by atoms with Gasteiger partial charge in [-0.15, -0.1) is 0 Å². The molecule has 6 heteroatoms. The molecule has 2 saturated heterocycles. The molecule has 25 heavy (non-hydrogen) atoms. The predicted octanol–water partition coefficient (Wildman–Crippen LogP) is 2.74. The summed E-state index contributed by atoms with van der Waals surface area (Å²) in [5, 5.41) is 8.02. The first-order valence-corrected chi connectivity index (χ1v) is 10.2. The van der Waals surface area contributed by atoms with Crippen LogP contribution >= 0.6 is 11.8 Å². The maximum atomic E-state index is 13.1. The zero-order valence-electron chi connectivity index (χ0n) is 14.3. The monoisotopic (exact) mass is 356 g/mol. The topological polar surface area (TPSA) is 50.2 Å². The summed E-state index contributed by atoms with van der Waals surface area (Å²) in [4.78, 5) is 15.1. The molecule has 132 valence electrons. The lowest BCUT2D eigenvalue weighted by Gasteiger charge is -2.35. The van der Waals surface area contributed by atoms with Gasteiger partial charge in [-0.1, -0.05) is 30.3 Å². The molecule has 2 atom stereocenters. The number of thioether (sulfide) groups is 1. The summed E-state index contributed by atoms with van der Waals surface area (Å²) in [6, 6.07) is 12.7. The van der Waals surface area contributed by atoms with Crippen molar-refractivity contribution in [2.45, 2.75) is 24.9 Å². The molecule has 1 aromatic carbocycles. The molecule has 1 amide bonds. The number of benzene rings is 1. The summed E-state index contributed by atoms with van der Waals surface area (Å²) in [7, 11) is 0. The lowest BCUT2D eigenvalue weighted by atomic mass is 10.1. The number of carbonyl (C=O) groups is 1. The maximum absolute atomic E-state index is 13.1. The maximum Gasteiger partial charge on any atom is 0.274 e. The lowest BCUT2D eigenvalue weighted by molar-refractivity contribution is 0.0694. The minimum Gasteiger partial charge on any atom is -0.329 e. The largest absolute Gasteiger partial charge is 0.329 e. The first-order chi connectivity index (χ1) is 12.3. The van der Waals surface area contributed by atoms with Gasteiger partial charge in [0, 0.05) is 30.8 Å². The summed E-state index contributed by atoms with van der Waals surface area (Å²) in [6.45, 7) is 2.79. The minimum absolute atomic E-state index is 0.0525. The second-order valence-electron chi connectivity index (χ2n) is 6.68.